The van der Waals surface area contributed by atoms with Crippen molar-refractivity contribution in [1.82, 2.24) is 5.32 Å². The third-order valence-corrected chi connectivity index (χ3v) is 3.78. The van der Waals surface area contributed by atoms with E-state index in [4.69, 9.17) is 5.73 Å². The van der Waals surface area contributed by atoms with Gasteiger partial charge in [-0.3, -0.25) is 0 Å². The van der Waals surface area contributed by atoms with E-state index >= 15 is 0 Å². The highest BCUT2D eigenvalue weighted by molar-refractivity contribution is 4.80. The first-order valence-corrected chi connectivity index (χ1v) is 7.24. The molecule has 0 aliphatic heterocycles. The Bertz CT molecular complexity index is 162. The van der Waals surface area contributed by atoms with Crippen molar-refractivity contribution < 1.29 is 0 Å². The Kier molecular flexibility index (Phi) is 7.06. The normalized spacial score (nSPS) is 27.9. The van der Waals surface area contributed by atoms with Gasteiger partial charge in [0.05, 0.1) is 0 Å². The van der Waals surface area contributed by atoms with E-state index in [0.717, 1.165) is 6.04 Å². The molecular weight excluding hydrogens is 196 g/mol. The molecule has 1 aliphatic carbocycles. The van der Waals surface area contributed by atoms with Crippen molar-refractivity contribution in [2.75, 3.05) is 0 Å². The van der Waals surface area contributed by atoms with Gasteiger partial charge < -0.3 is 11.1 Å². The molecule has 2 nitrogen and oxygen atoms in total. The third-order valence-electron chi connectivity index (χ3n) is 3.78. The van der Waals surface area contributed by atoms with Crippen LogP contribution in [0.3, 0.4) is 0 Å². The number of hydrogen-bond donors (Lipinski definition) is 2. The molecule has 0 saturated heterocycles. The van der Waals surface area contributed by atoms with Crippen molar-refractivity contribution in [2.24, 2.45) is 5.73 Å². The molecule has 1 unspecified atom stereocenters. The Morgan fingerprint density at radius 3 is 2.44 bits per heavy atom. The van der Waals surface area contributed by atoms with E-state index in [1.54, 1.807) is 0 Å². The fourth-order valence-electron chi connectivity index (χ4n) is 2.65. The summed E-state index contributed by atoms with van der Waals surface area (Å²) in [6, 6.07) is 1.90. The van der Waals surface area contributed by atoms with Crippen LogP contribution in [0.25, 0.3) is 0 Å². The zero-order valence-electron chi connectivity index (χ0n) is 11.2. The van der Waals surface area contributed by atoms with Gasteiger partial charge >= 0.3 is 0 Å². The fourth-order valence-corrected chi connectivity index (χ4v) is 2.65. The fraction of sp³-hybridized carbons (Fsp3) is 1.00. The molecule has 2 heteroatoms. The lowest BCUT2D eigenvalue weighted by Gasteiger charge is -2.29. The van der Waals surface area contributed by atoms with Crippen LogP contribution in [-0.2, 0) is 0 Å². The molecule has 0 heterocycles. The van der Waals surface area contributed by atoms with Crippen LogP contribution < -0.4 is 11.1 Å². The van der Waals surface area contributed by atoms with Gasteiger partial charge in [-0.15, -0.1) is 0 Å². The van der Waals surface area contributed by atoms with E-state index in [0.29, 0.717) is 12.1 Å². The van der Waals surface area contributed by atoms with Gasteiger partial charge in [0, 0.05) is 18.1 Å². The molecule has 0 aromatic heterocycles. The van der Waals surface area contributed by atoms with Crippen molar-refractivity contribution in [3.05, 3.63) is 0 Å². The highest BCUT2D eigenvalue weighted by Gasteiger charge is 2.19. The first-order valence-electron chi connectivity index (χ1n) is 7.24. The summed E-state index contributed by atoms with van der Waals surface area (Å²) in [4.78, 5) is 0. The van der Waals surface area contributed by atoms with Gasteiger partial charge in [-0.25, -0.2) is 0 Å². The zero-order chi connectivity index (χ0) is 11.8. The summed E-state index contributed by atoms with van der Waals surface area (Å²) in [5.41, 5.74) is 5.91. The third kappa shape index (κ3) is 5.86. The second-order valence-electron chi connectivity index (χ2n) is 5.53. The Morgan fingerprint density at radius 2 is 1.81 bits per heavy atom. The number of unbranched alkanes of at least 4 members (excludes halogenated alkanes) is 3. The van der Waals surface area contributed by atoms with Gasteiger partial charge in [0.15, 0.2) is 0 Å². The van der Waals surface area contributed by atoms with Gasteiger partial charge in [0.2, 0.25) is 0 Å². The smallest absolute Gasteiger partial charge is 0.00706 e. The Labute approximate surface area is 101 Å². The van der Waals surface area contributed by atoms with E-state index in [1.165, 1.54) is 57.8 Å². The highest BCUT2D eigenvalue weighted by Crippen LogP contribution is 2.18. The minimum atomic E-state index is 0.470. The standard InChI is InChI=1S/C14H30N2/c1-3-4-5-6-7-12(2)16-14-10-8-13(15)9-11-14/h12-14,16H,3-11,15H2,1-2H3. The molecule has 1 aliphatic rings. The molecule has 96 valence electrons. The first-order chi connectivity index (χ1) is 7.72. The average molecular weight is 226 g/mol. The van der Waals surface area contributed by atoms with Gasteiger partial charge in [-0.1, -0.05) is 32.6 Å². The summed E-state index contributed by atoms with van der Waals surface area (Å²) in [6.45, 7) is 4.60. The molecule has 0 bridgehead atoms. The summed E-state index contributed by atoms with van der Waals surface area (Å²) in [6.07, 6.45) is 11.8. The van der Waals surface area contributed by atoms with E-state index in [1.807, 2.05) is 0 Å². The van der Waals surface area contributed by atoms with Gasteiger partial charge in [-0.05, 0) is 39.0 Å². The van der Waals surface area contributed by atoms with Crippen LogP contribution in [0.4, 0.5) is 0 Å². The molecule has 16 heavy (non-hydrogen) atoms. The predicted molar refractivity (Wildman–Crippen MR) is 71.6 cm³/mol. The quantitative estimate of drug-likeness (QED) is 0.654. The van der Waals surface area contributed by atoms with Crippen LogP contribution in [0.15, 0.2) is 0 Å². The summed E-state index contributed by atoms with van der Waals surface area (Å²) in [5, 5.41) is 3.76. The second-order valence-corrected chi connectivity index (χ2v) is 5.53. The van der Waals surface area contributed by atoms with Crippen molar-refractivity contribution >= 4 is 0 Å². The minimum absolute atomic E-state index is 0.470. The Hall–Kier alpha value is -0.0800. The summed E-state index contributed by atoms with van der Waals surface area (Å²) >= 11 is 0. The number of hydrogen-bond acceptors (Lipinski definition) is 2. The van der Waals surface area contributed by atoms with Crippen LogP contribution >= 0.6 is 0 Å². The number of nitrogens with one attached hydrogen (secondary N) is 1. The molecule has 1 saturated carbocycles. The summed E-state index contributed by atoms with van der Waals surface area (Å²) < 4.78 is 0. The maximum absolute atomic E-state index is 5.91. The Morgan fingerprint density at radius 1 is 1.12 bits per heavy atom. The molecule has 0 aromatic carbocycles. The lowest BCUT2D eigenvalue weighted by Crippen LogP contribution is -2.41. The molecule has 1 fully saturated rings. The molecule has 0 spiro atoms. The first kappa shape index (κ1) is 14.0. The molecule has 0 aromatic rings. The van der Waals surface area contributed by atoms with Gasteiger partial charge in [-0.2, -0.15) is 0 Å². The van der Waals surface area contributed by atoms with Crippen molar-refractivity contribution in [1.29, 1.82) is 0 Å². The van der Waals surface area contributed by atoms with Crippen LogP contribution in [0.5, 0.6) is 0 Å². The van der Waals surface area contributed by atoms with Gasteiger partial charge in [0.25, 0.3) is 0 Å². The maximum atomic E-state index is 5.91. The monoisotopic (exact) mass is 226 g/mol. The van der Waals surface area contributed by atoms with Crippen LogP contribution in [0.1, 0.15) is 71.6 Å². The van der Waals surface area contributed by atoms with Crippen molar-refractivity contribution in [2.45, 2.75) is 89.8 Å². The lowest BCUT2D eigenvalue weighted by atomic mass is 9.91. The molecule has 0 amide bonds. The van der Waals surface area contributed by atoms with Crippen molar-refractivity contribution in [3.8, 4) is 0 Å². The van der Waals surface area contributed by atoms with Crippen LogP contribution in [0, 0.1) is 0 Å². The highest BCUT2D eigenvalue weighted by atomic mass is 14.9. The average Bonchev–Trinajstić information content (AvgIpc) is 2.28. The van der Waals surface area contributed by atoms with E-state index in [9.17, 15) is 0 Å². The molecular formula is C14H30N2. The number of rotatable bonds is 7. The van der Waals surface area contributed by atoms with Gasteiger partial charge in [0.1, 0.15) is 0 Å². The Balaban J connectivity index is 2.02. The largest absolute Gasteiger partial charge is 0.328 e. The summed E-state index contributed by atoms with van der Waals surface area (Å²) in [7, 11) is 0. The predicted octanol–water partition coefficient (Wildman–Crippen LogP) is 3.20. The SMILES string of the molecule is CCCCCCC(C)NC1CCC(N)CC1. The van der Waals surface area contributed by atoms with Crippen molar-refractivity contribution in [3.63, 3.8) is 0 Å². The summed E-state index contributed by atoms with van der Waals surface area (Å²) in [5.74, 6) is 0. The molecule has 0 radical (unpaired) electrons. The number of nitrogens with two attached hydrogens (primary N) is 1. The maximum Gasteiger partial charge on any atom is 0.00706 e. The lowest BCUT2D eigenvalue weighted by molar-refractivity contribution is 0.311. The van der Waals surface area contributed by atoms with E-state index in [2.05, 4.69) is 19.2 Å². The van der Waals surface area contributed by atoms with E-state index < -0.39 is 0 Å². The zero-order valence-corrected chi connectivity index (χ0v) is 11.2. The van der Waals surface area contributed by atoms with E-state index in [-0.39, 0.29) is 0 Å². The topological polar surface area (TPSA) is 38.0 Å². The molecule has 1 rings (SSSR count). The second kappa shape index (κ2) is 8.08. The minimum Gasteiger partial charge on any atom is -0.328 e. The van der Waals surface area contributed by atoms with Crippen LogP contribution in [0.2, 0.25) is 0 Å². The molecule has 1 atom stereocenters. The van der Waals surface area contributed by atoms with Crippen LogP contribution in [-0.4, -0.2) is 18.1 Å². The molecule has 3 N–H and O–H groups in total.